The number of nitrogens with zero attached hydrogens (tertiary/aromatic N) is 1. The molecule has 0 aromatic heterocycles. The maximum atomic E-state index is 12.9. The Balaban J connectivity index is 3.05. The monoisotopic (exact) mass is 245 g/mol. The highest BCUT2D eigenvalue weighted by Crippen LogP contribution is 2.22. The fourth-order valence-corrected chi connectivity index (χ4v) is 1.65. The van der Waals surface area contributed by atoms with E-state index in [-0.39, 0.29) is 5.82 Å². The van der Waals surface area contributed by atoms with Gasteiger partial charge in [-0.25, -0.2) is 4.39 Å². The van der Waals surface area contributed by atoms with Crippen LogP contribution in [-0.2, 0) is 5.33 Å². The van der Waals surface area contributed by atoms with E-state index in [0.29, 0.717) is 5.33 Å². The Morgan fingerprint density at radius 3 is 2.69 bits per heavy atom. The van der Waals surface area contributed by atoms with E-state index in [4.69, 9.17) is 0 Å². The van der Waals surface area contributed by atoms with E-state index in [1.54, 1.807) is 6.07 Å². The summed E-state index contributed by atoms with van der Waals surface area (Å²) in [5.74, 6) is -0.178. The molecule has 0 saturated carbocycles. The summed E-state index contributed by atoms with van der Waals surface area (Å²) in [6.07, 6.45) is 0. The number of hydrogen-bond donors (Lipinski definition) is 0. The molecule has 0 unspecified atom stereocenters. The largest absolute Gasteiger partial charge is 0.375 e. The van der Waals surface area contributed by atoms with Crippen LogP contribution >= 0.6 is 15.9 Å². The van der Waals surface area contributed by atoms with Gasteiger partial charge in [0, 0.05) is 24.6 Å². The van der Waals surface area contributed by atoms with Crippen LogP contribution in [0.15, 0.2) is 18.2 Å². The molecule has 1 nitrogen and oxygen atoms in total. The Bertz CT molecular complexity index is 288. The molecule has 72 valence electrons. The predicted octanol–water partition coefficient (Wildman–Crippen LogP) is 3.18. The lowest BCUT2D eigenvalue weighted by Gasteiger charge is -2.19. The van der Waals surface area contributed by atoms with Crippen LogP contribution in [0.25, 0.3) is 0 Å². The summed E-state index contributed by atoms with van der Waals surface area (Å²) in [5.41, 5.74) is 2.07. The highest BCUT2D eigenvalue weighted by atomic mass is 79.9. The van der Waals surface area contributed by atoms with Gasteiger partial charge >= 0.3 is 0 Å². The Hall–Kier alpha value is -0.570. The molecule has 0 amide bonds. The van der Waals surface area contributed by atoms with Crippen LogP contribution in [0.5, 0.6) is 0 Å². The minimum absolute atomic E-state index is 0.178. The van der Waals surface area contributed by atoms with E-state index in [2.05, 4.69) is 27.8 Å². The third-order valence-electron chi connectivity index (χ3n) is 2.07. The van der Waals surface area contributed by atoms with Crippen LogP contribution in [0.1, 0.15) is 12.5 Å². The average Bonchev–Trinajstić information content (AvgIpc) is 2.16. The molecule has 0 aliphatic carbocycles. The quantitative estimate of drug-likeness (QED) is 0.740. The number of alkyl halides is 1. The number of anilines is 1. The Morgan fingerprint density at radius 1 is 1.46 bits per heavy atom. The lowest BCUT2D eigenvalue weighted by atomic mass is 10.2. The maximum absolute atomic E-state index is 12.9. The second-order valence-electron chi connectivity index (χ2n) is 2.92. The molecular formula is C10H13BrFN. The molecule has 1 aromatic carbocycles. The smallest absolute Gasteiger partial charge is 0.123 e. The van der Waals surface area contributed by atoms with Crippen molar-refractivity contribution >= 4 is 21.6 Å². The van der Waals surface area contributed by atoms with Crippen LogP contribution in [-0.4, -0.2) is 13.6 Å². The molecule has 0 heterocycles. The number of halogens is 2. The van der Waals surface area contributed by atoms with Gasteiger partial charge in [0.1, 0.15) is 5.82 Å². The highest BCUT2D eigenvalue weighted by Gasteiger charge is 2.05. The molecule has 3 heteroatoms. The van der Waals surface area contributed by atoms with Crippen LogP contribution in [0.4, 0.5) is 10.1 Å². The normalized spacial score (nSPS) is 10.2. The van der Waals surface area contributed by atoms with E-state index in [1.165, 1.54) is 6.07 Å². The minimum atomic E-state index is -0.178. The summed E-state index contributed by atoms with van der Waals surface area (Å²) in [6, 6.07) is 4.87. The third-order valence-corrected chi connectivity index (χ3v) is 2.68. The lowest BCUT2D eigenvalue weighted by Crippen LogP contribution is -2.17. The Morgan fingerprint density at radius 2 is 2.15 bits per heavy atom. The van der Waals surface area contributed by atoms with Crippen molar-refractivity contribution in [2.75, 3.05) is 18.5 Å². The van der Waals surface area contributed by atoms with Crippen molar-refractivity contribution in [3.05, 3.63) is 29.6 Å². The molecule has 0 N–H and O–H groups in total. The van der Waals surface area contributed by atoms with Gasteiger partial charge in [-0.15, -0.1) is 0 Å². The molecule has 13 heavy (non-hydrogen) atoms. The number of hydrogen-bond acceptors (Lipinski definition) is 1. The molecule has 0 aliphatic heterocycles. The third kappa shape index (κ3) is 2.44. The summed E-state index contributed by atoms with van der Waals surface area (Å²) < 4.78 is 12.9. The summed E-state index contributed by atoms with van der Waals surface area (Å²) in [7, 11) is 2.00. The lowest BCUT2D eigenvalue weighted by molar-refractivity contribution is 0.626. The zero-order chi connectivity index (χ0) is 9.84. The van der Waals surface area contributed by atoms with Gasteiger partial charge < -0.3 is 4.90 Å². The topological polar surface area (TPSA) is 3.24 Å². The summed E-state index contributed by atoms with van der Waals surface area (Å²) in [4.78, 5) is 2.09. The second-order valence-corrected chi connectivity index (χ2v) is 3.48. The predicted molar refractivity (Wildman–Crippen MR) is 58.0 cm³/mol. The molecule has 0 saturated heterocycles. The Kier molecular flexibility index (Phi) is 3.72. The van der Waals surface area contributed by atoms with E-state index in [0.717, 1.165) is 17.8 Å². The molecule has 0 bridgehead atoms. The molecular weight excluding hydrogens is 233 g/mol. The zero-order valence-electron chi connectivity index (χ0n) is 7.85. The minimum Gasteiger partial charge on any atom is -0.375 e. The zero-order valence-corrected chi connectivity index (χ0v) is 9.44. The van der Waals surface area contributed by atoms with Crippen LogP contribution in [0.3, 0.4) is 0 Å². The first-order valence-electron chi connectivity index (χ1n) is 4.24. The van der Waals surface area contributed by atoms with Crippen LogP contribution < -0.4 is 4.90 Å². The average molecular weight is 246 g/mol. The van der Waals surface area contributed by atoms with Crippen LogP contribution in [0, 0.1) is 5.82 Å². The second kappa shape index (κ2) is 4.61. The van der Waals surface area contributed by atoms with Gasteiger partial charge in [0.25, 0.3) is 0 Å². The van der Waals surface area contributed by atoms with Crippen molar-refractivity contribution in [3.8, 4) is 0 Å². The summed E-state index contributed by atoms with van der Waals surface area (Å²) >= 11 is 3.35. The molecule has 1 aromatic rings. The first-order chi connectivity index (χ1) is 6.19. The van der Waals surface area contributed by atoms with Crippen molar-refractivity contribution in [3.63, 3.8) is 0 Å². The summed E-state index contributed by atoms with van der Waals surface area (Å²) in [6.45, 7) is 2.99. The maximum Gasteiger partial charge on any atom is 0.123 e. The Labute approximate surface area is 86.7 Å². The van der Waals surface area contributed by atoms with Crippen molar-refractivity contribution in [2.45, 2.75) is 12.3 Å². The van der Waals surface area contributed by atoms with E-state index in [1.807, 2.05) is 13.1 Å². The van der Waals surface area contributed by atoms with E-state index >= 15 is 0 Å². The van der Waals surface area contributed by atoms with Gasteiger partial charge in [0.15, 0.2) is 0 Å². The molecule has 0 spiro atoms. The van der Waals surface area contributed by atoms with Crippen molar-refractivity contribution in [1.29, 1.82) is 0 Å². The van der Waals surface area contributed by atoms with Crippen molar-refractivity contribution in [1.82, 2.24) is 0 Å². The molecule has 0 radical (unpaired) electrons. The molecule has 0 aliphatic rings. The van der Waals surface area contributed by atoms with Gasteiger partial charge in [0.2, 0.25) is 0 Å². The van der Waals surface area contributed by atoms with Gasteiger partial charge in [0.05, 0.1) is 0 Å². The fourth-order valence-electron chi connectivity index (χ4n) is 1.20. The standard InChI is InChI=1S/C10H13BrFN/c1-3-13(2)10-5-4-9(12)6-8(10)7-11/h4-6H,3,7H2,1-2H3. The number of benzene rings is 1. The van der Waals surface area contributed by atoms with Gasteiger partial charge in [-0.2, -0.15) is 0 Å². The van der Waals surface area contributed by atoms with Gasteiger partial charge in [-0.3, -0.25) is 0 Å². The van der Waals surface area contributed by atoms with Gasteiger partial charge in [-0.1, -0.05) is 15.9 Å². The first kappa shape index (κ1) is 10.5. The van der Waals surface area contributed by atoms with Crippen molar-refractivity contribution < 1.29 is 4.39 Å². The SMILES string of the molecule is CCN(C)c1ccc(F)cc1CBr. The van der Waals surface area contributed by atoms with E-state index < -0.39 is 0 Å². The van der Waals surface area contributed by atoms with Crippen molar-refractivity contribution in [2.24, 2.45) is 0 Å². The number of rotatable bonds is 3. The fraction of sp³-hybridized carbons (Fsp3) is 0.400. The molecule has 1 rings (SSSR count). The molecule has 0 fully saturated rings. The molecule has 0 atom stereocenters. The van der Waals surface area contributed by atoms with Crippen LogP contribution in [0.2, 0.25) is 0 Å². The van der Waals surface area contributed by atoms with Gasteiger partial charge in [-0.05, 0) is 30.7 Å². The van der Waals surface area contributed by atoms with E-state index in [9.17, 15) is 4.39 Å². The first-order valence-corrected chi connectivity index (χ1v) is 5.36. The summed E-state index contributed by atoms with van der Waals surface area (Å²) in [5, 5.41) is 0.685. The highest BCUT2D eigenvalue weighted by molar-refractivity contribution is 9.08.